The van der Waals surface area contributed by atoms with Gasteiger partial charge >= 0.3 is 6.09 Å². The normalized spacial score (nSPS) is 9.93. The average Bonchev–Trinajstić information content (AvgIpc) is 2.10. The highest BCUT2D eigenvalue weighted by Gasteiger charge is 2.11. The highest BCUT2D eigenvalue weighted by molar-refractivity contribution is 9.10. The van der Waals surface area contributed by atoms with Gasteiger partial charge in [0.2, 0.25) is 0 Å². The van der Waals surface area contributed by atoms with Gasteiger partial charge < -0.3 is 9.64 Å². The molecular weight excluding hydrogens is 258 g/mol. The highest BCUT2D eigenvalue weighted by Crippen LogP contribution is 2.27. The Bertz CT molecular complexity index is 365. The molecule has 0 atom stereocenters. The number of amides is 1. The van der Waals surface area contributed by atoms with Crippen molar-refractivity contribution in [3.63, 3.8) is 0 Å². The van der Waals surface area contributed by atoms with Crippen LogP contribution in [0.15, 0.2) is 16.6 Å². The molecule has 82 valence electrons. The number of carbonyl (C=O) groups is 1. The van der Waals surface area contributed by atoms with E-state index in [0.29, 0.717) is 5.75 Å². The van der Waals surface area contributed by atoms with Crippen molar-refractivity contribution in [2.45, 2.75) is 13.8 Å². The number of hydrogen-bond acceptors (Lipinski definition) is 2. The predicted molar refractivity (Wildman–Crippen MR) is 63.3 cm³/mol. The molecule has 0 aliphatic carbocycles. The third kappa shape index (κ3) is 2.96. The summed E-state index contributed by atoms with van der Waals surface area (Å²) in [7, 11) is 3.32. The van der Waals surface area contributed by atoms with E-state index in [0.717, 1.165) is 15.6 Å². The molecule has 4 heteroatoms. The van der Waals surface area contributed by atoms with E-state index in [-0.39, 0.29) is 6.09 Å². The van der Waals surface area contributed by atoms with Gasteiger partial charge in [-0.2, -0.15) is 0 Å². The molecule has 0 heterocycles. The summed E-state index contributed by atoms with van der Waals surface area (Å²) in [5, 5.41) is 0. The summed E-state index contributed by atoms with van der Waals surface area (Å²) in [5.74, 6) is 0.636. The molecule has 0 spiro atoms. The van der Waals surface area contributed by atoms with Crippen LogP contribution in [-0.4, -0.2) is 25.1 Å². The molecule has 0 bridgehead atoms. The lowest BCUT2D eigenvalue weighted by molar-refractivity contribution is 0.171. The summed E-state index contributed by atoms with van der Waals surface area (Å²) < 4.78 is 6.25. The first-order valence-corrected chi connectivity index (χ1v) is 5.37. The fourth-order valence-corrected chi connectivity index (χ4v) is 1.92. The number of aryl methyl sites for hydroxylation is 2. The van der Waals surface area contributed by atoms with Crippen LogP contribution in [0.3, 0.4) is 0 Å². The smallest absolute Gasteiger partial charge is 0.410 e. The molecule has 0 saturated carbocycles. The molecule has 1 amide bonds. The van der Waals surface area contributed by atoms with Gasteiger partial charge in [-0.25, -0.2) is 4.79 Å². The van der Waals surface area contributed by atoms with Gasteiger partial charge in [0.05, 0.1) is 0 Å². The van der Waals surface area contributed by atoms with E-state index in [2.05, 4.69) is 15.9 Å². The van der Waals surface area contributed by atoms with Crippen molar-refractivity contribution in [1.29, 1.82) is 0 Å². The second kappa shape index (κ2) is 4.66. The molecule has 0 aliphatic rings. The van der Waals surface area contributed by atoms with E-state index in [1.54, 1.807) is 14.1 Å². The van der Waals surface area contributed by atoms with Crippen LogP contribution in [0.2, 0.25) is 0 Å². The quantitative estimate of drug-likeness (QED) is 0.786. The zero-order chi connectivity index (χ0) is 11.6. The van der Waals surface area contributed by atoms with E-state index in [1.807, 2.05) is 26.0 Å². The van der Waals surface area contributed by atoms with Gasteiger partial charge in [-0.15, -0.1) is 0 Å². The average molecular weight is 272 g/mol. The number of halogens is 1. The van der Waals surface area contributed by atoms with Crippen molar-refractivity contribution in [3.05, 3.63) is 27.7 Å². The lowest BCUT2D eigenvalue weighted by Gasteiger charge is -2.14. The Morgan fingerprint density at radius 1 is 1.27 bits per heavy atom. The molecule has 0 radical (unpaired) electrons. The van der Waals surface area contributed by atoms with E-state index < -0.39 is 0 Å². The molecule has 0 fully saturated rings. The lowest BCUT2D eigenvalue weighted by Crippen LogP contribution is -2.25. The zero-order valence-corrected chi connectivity index (χ0v) is 10.9. The minimum absolute atomic E-state index is 0.358. The van der Waals surface area contributed by atoms with Gasteiger partial charge in [0, 0.05) is 18.6 Å². The third-order valence-electron chi connectivity index (χ3n) is 1.98. The second-order valence-corrected chi connectivity index (χ2v) is 4.55. The maximum Gasteiger partial charge on any atom is 0.414 e. The Hall–Kier alpha value is -1.03. The molecule has 1 rings (SSSR count). The van der Waals surface area contributed by atoms with E-state index in [4.69, 9.17) is 4.74 Å². The van der Waals surface area contributed by atoms with Crippen molar-refractivity contribution in [2.24, 2.45) is 0 Å². The summed E-state index contributed by atoms with van der Waals surface area (Å²) in [6.07, 6.45) is -0.358. The molecule has 0 unspecified atom stereocenters. The van der Waals surface area contributed by atoms with Gasteiger partial charge in [-0.1, -0.05) is 15.9 Å². The van der Waals surface area contributed by atoms with Crippen molar-refractivity contribution >= 4 is 22.0 Å². The molecule has 0 aliphatic heterocycles. The molecular formula is C11H14BrNO2. The van der Waals surface area contributed by atoms with E-state index in [9.17, 15) is 4.79 Å². The summed E-state index contributed by atoms with van der Waals surface area (Å²) >= 11 is 3.39. The third-order valence-corrected chi connectivity index (χ3v) is 2.44. The minimum Gasteiger partial charge on any atom is -0.410 e. The molecule has 1 aromatic carbocycles. The molecule has 0 aromatic heterocycles. The Morgan fingerprint density at radius 2 is 1.73 bits per heavy atom. The van der Waals surface area contributed by atoms with Gasteiger partial charge in [-0.3, -0.25) is 0 Å². The Balaban J connectivity index is 3.00. The largest absolute Gasteiger partial charge is 0.414 e. The van der Waals surface area contributed by atoms with Crippen LogP contribution in [0.4, 0.5) is 4.79 Å². The first-order chi connectivity index (χ1) is 6.91. The van der Waals surface area contributed by atoms with Crippen molar-refractivity contribution in [2.75, 3.05) is 14.1 Å². The van der Waals surface area contributed by atoms with E-state index >= 15 is 0 Å². The number of benzene rings is 1. The Morgan fingerprint density at radius 3 is 2.13 bits per heavy atom. The number of nitrogens with zero attached hydrogens (tertiary/aromatic N) is 1. The fourth-order valence-electron chi connectivity index (χ4n) is 1.24. The molecule has 1 aromatic rings. The number of rotatable bonds is 1. The van der Waals surface area contributed by atoms with Crippen LogP contribution in [0.1, 0.15) is 11.1 Å². The second-order valence-electron chi connectivity index (χ2n) is 3.63. The summed E-state index contributed by atoms with van der Waals surface area (Å²) in [5.41, 5.74) is 1.88. The zero-order valence-electron chi connectivity index (χ0n) is 9.30. The number of carbonyl (C=O) groups excluding carboxylic acids is 1. The van der Waals surface area contributed by atoms with Gasteiger partial charge in [-0.05, 0) is 37.1 Å². The maximum absolute atomic E-state index is 11.4. The highest BCUT2D eigenvalue weighted by atomic mass is 79.9. The lowest BCUT2D eigenvalue weighted by atomic mass is 10.1. The van der Waals surface area contributed by atoms with Crippen molar-refractivity contribution in [1.82, 2.24) is 4.90 Å². The van der Waals surface area contributed by atoms with Gasteiger partial charge in [0.25, 0.3) is 0 Å². The minimum atomic E-state index is -0.358. The van der Waals surface area contributed by atoms with Gasteiger partial charge in [0.15, 0.2) is 0 Å². The monoisotopic (exact) mass is 271 g/mol. The van der Waals surface area contributed by atoms with Crippen LogP contribution in [0.5, 0.6) is 5.75 Å². The van der Waals surface area contributed by atoms with Crippen LogP contribution in [0, 0.1) is 13.8 Å². The fraction of sp³-hybridized carbons (Fsp3) is 0.364. The van der Waals surface area contributed by atoms with Crippen LogP contribution >= 0.6 is 15.9 Å². The Kier molecular flexibility index (Phi) is 3.74. The Labute approximate surface area is 98.2 Å². The SMILES string of the molecule is Cc1cc(Br)cc(C)c1OC(=O)N(C)C. The standard InChI is InChI=1S/C11H14BrNO2/c1-7-5-9(12)6-8(2)10(7)15-11(14)13(3)4/h5-6H,1-4H3. The molecule has 15 heavy (non-hydrogen) atoms. The summed E-state index contributed by atoms with van der Waals surface area (Å²) in [6.45, 7) is 3.83. The van der Waals surface area contributed by atoms with Crippen LogP contribution in [0.25, 0.3) is 0 Å². The number of ether oxygens (including phenoxy) is 1. The van der Waals surface area contributed by atoms with Gasteiger partial charge in [0.1, 0.15) is 5.75 Å². The van der Waals surface area contributed by atoms with E-state index in [1.165, 1.54) is 4.90 Å². The molecule has 0 saturated heterocycles. The predicted octanol–water partition coefficient (Wildman–Crippen LogP) is 3.13. The first kappa shape index (κ1) is 12.0. The topological polar surface area (TPSA) is 29.5 Å². The van der Waals surface area contributed by atoms with Crippen molar-refractivity contribution < 1.29 is 9.53 Å². The van der Waals surface area contributed by atoms with Crippen LogP contribution < -0.4 is 4.74 Å². The van der Waals surface area contributed by atoms with Crippen molar-refractivity contribution in [3.8, 4) is 5.75 Å². The molecule has 0 N–H and O–H groups in total. The van der Waals surface area contributed by atoms with Crippen LogP contribution in [-0.2, 0) is 0 Å². The first-order valence-electron chi connectivity index (χ1n) is 4.57. The summed E-state index contributed by atoms with van der Waals surface area (Å²) in [4.78, 5) is 12.8. The molecule has 3 nitrogen and oxygen atoms in total. The maximum atomic E-state index is 11.4. The summed E-state index contributed by atoms with van der Waals surface area (Å²) in [6, 6.07) is 3.84. The number of hydrogen-bond donors (Lipinski definition) is 0.